The molecule has 0 saturated heterocycles. The average Bonchev–Trinajstić information content (AvgIpc) is 2.61. The van der Waals surface area contributed by atoms with Crippen LogP contribution in [-0.2, 0) is 4.79 Å². The lowest BCUT2D eigenvalue weighted by Crippen LogP contribution is -2.13. The van der Waals surface area contributed by atoms with Gasteiger partial charge in [0.2, 0.25) is 0 Å². The van der Waals surface area contributed by atoms with Crippen molar-refractivity contribution in [1.29, 1.82) is 5.26 Å². The molecular weight excluding hydrogens is 357 g/mol. The number of carbonyl (C=O) groups excluding carboxylic acids is 1. The van der Waals surface area contributed by atoms with Gasteiger partial charge in [0.15, 0.2) is 0 Å². The van der Waals surface area contributed by atoms with Crippen molar-refractivity contribution in [3.8, 4) is 6.07 Å². The summed E-state index contributed by atoms with van der Waals surface area (Å²) < 4.78 is 0. The van der Waals surface area contributed by atoms with Crippen LogP contribution in [0.4, 0.5) is 5.69 Å². The maximum absolute atomic E-state index is 12.5. The molecule has 0 radical (unpaired) electrons. The van der Waals surface area contributed by atoms with Gasteiger partial charge < -0.3 is 5.32 Å². The van der Waals surface area contributed by atoms with Crippen LogP contribution in [0.2, 0.25) is 10.3 Å². The van der Waals surface area contributed by atoms with E-state index in [1.54, 1.807) is 12.1 Å². The Kier molecular flexibility index (Phi) is 4.99. The molecule has 0 aliphatic rings. The number of fused-ring (bicyclic) bond motifs is 1. The second kappa shape index (κ2) is 7.35. The highest BCUT2D eigenvalue weighted by Crippen LogP contribution is 2.24. The molecule has 1 aromatic heterocycles. The van der Waals surface area contributed by atoms with Gasteiger partial charge in [0.05, 0.1) is 0 Å². The fourth-order valence-electron chi connectivity index (χ4n) is 2.36. The molecule has 0 spiro atoms. The topological polar surface area (TPSA) is 65.8 Å². The number of halogens is 2. The Morgan fingerprint density at radius 1 is 1.08 bits per heavy atom. The lowest BCUT2D eigenvalue weighted by atomic mass is 10.1. The number of benzene rings is 2. The van der Waals surface area contributed by atoms with Gasteiger partial charge in [0.1, 0.15) is 21.9 Å². The summed E-state index contributed by atoms with van der Waals surface area (Å²) in [7, 11) is 0. The number of hydrogen-bond acceptors (Lipinski definition) is 3. The van der Waals surface area contributed by atoms with Crippen molar-refractivity contribution in [2.24, 2.45) is 0 Å². The standard InChI is InChI=1S/C19H11Cl2N3O/c20-17-9-8-13(18(21)24-17)10-14(11-22)19(25)23-16-7-3-5-12-4-1-2-6-15(12)16/h1-10H,(H,23,25). The van der Waals surface area contributed by atoms with E-state index in [4.69, 9.17) is 23.2 Å². The Hall–Kier alpha value is -2.87. The molecule has 1 N–H and O–H groups in total. The Morgan fingerprint density at radius 2 is 1.84 bits per heavy atom. The van der Waals surface area contributed by atoms with Gasteiger partial charge in [-0.2, -0.15) is 5.26 Å². The first-order valence-corrected chi connectivity index (χ1v) is 8.07. The number of amides is 1. The molecule has 0 aliphatic carbocycles. The minimum absolute atomic E-state index is 0.0843. The number of nitriles is 1. The summed E-state index contributed by atoms with van der Waals surface area (Å²) in [5, 5.41) is 14.3. The van der Waals surface area contributed by atoms with Crippen LogP contribution in [-0.4, -0.2) is 10.9 Å². The Morgan fingerprint density at radius 3 is 2.60 bits per heavy atom. The van der Waals surface area contributed by atoms with E-state index in [9.17, 15) is 10.1 Å². The number of anilines is 1. The SMILES string of the molecule is N#CC(=Cc1ccc(Cl)nc1Cl)C(=O)Nc1cccc2ccccc12. The van der Waals surface area contributed by atoms with E-state index in [0.29, 0.717) is 11.3 Å². The van der Waals surface area contributed by atoms with E-state index in [1.807, 2.05) is 42.5 Å². The van der Waals surface area contributed by atoms with E-state index < -0.39 is 5.91 Å². The first-order valence-electron chi connectivity index (χ1n) is 7.31. The van der Waals surface area contributed by atoms with Gasteiger partial charge in [-0.1, -0.05) is 59.6 Å². The molecule has 1 heterocycles. The van der Waals surface area contributed by atoms with Gasteiger partial charge in [0, 0.05) is 16.6 Å². The zero-order valence-corrected chi connectivity index (χ0v) is 14.3. The highest BCUT2D eigenvalue weighted by atomic mass is 35.5. The minimum atomic E-state index is -0.523. The predicted molar refractivity (Wildman–Crippen MR) is 100 cm³/mol. The fourth-order valence-corrected chi connectivity index (χ4v) is 2.76. The number of carbonyl (C=O) groups is 1. The monoisotopic (exact) mass is 367 g/mol. The summed E-state index contributed by atoms with van der Waals surface area (Å²) in [4.78, 5) is 16.4. The van der Waals surface area contributed by atoms with Gasteiger partial charge >= 0.3 is 0 Å². The fraction of sp³-hybridized carbons (Fsp3) is 0. The molecule has 0 aliphatic heterocycles. The van der Waals surface area contributed by atoms with Crippen molar-refractivity contribution in [2.45, 2.75) is 0 Å². The number of aromatic nitrogens is 1. The Labute approximate surface area is 154 Å². The minimum Gasteiger partial charge on any atom is -0.321 e. The largest absolute Gasteiger partial charge is 0.321 e. The van der Waals surface area contributed by atoms with Crippen LogP contribution in [0.1, 0.15) is 5.56 Å². The number of nitrogens with zero attached hydrogens (tertiary/aromatic N) is 2. The van der Waals surface area contributed by atoms with E-state index in [1.165, 1.54) is 12.1 Å². The van der Waals surface area contributed by atoms with E-state index in [-0.39, 0.29) is 15.9 Å². The summed E-state index contributed by atoms with van der Waals surface area (Å²) in [6.07, 6.45) is 1.38. The quantitative estimate of drug-likeness (QED) is 0.398. The average molecular weight is 368 g/mol. The van der Waals surface area contributed by atoms with Gasteiger partial charge in [0.25, 0.3) is 5.91 Å². The first-order chi connectivity index (χ1) is 12.1. The molecule has 4 nitrogen and oxygen atoms in total. The predicted octanol–water partition coefficient (Wildman–Crippen LogP) is 5.09. The molecular formula is C19H11Cl2N3O. The first kappa shape index (κ1) is 17.0. The molecule has 0 saturated carbocycles. The third-order valence-corrected chi connectivity index (χ3v) is 4.06. The van der Waals surface area contributed by atoms with E-state index in [2.05, 4.69) is 10.3 Å². The van der Waals surface area contributed by atoms with Gasteiger partial charge in [-0.15, -0.1) is 0 Å². The summed E-state index contributed by atoms with van der Waals surface area (Å²) in [6, 6.07) is 18.3. The molecule has 0 atom stereocenters. The van der Waals surface area contributed by atoms with Gasteiger partial charge in [-0.05, 0) is 29.7 Å². The van der Waals surface area contributed by atoms with Gasteiger partial charge in [-0.3, -0.25) is 4.79 Å². The number of pyridine rings is 1. The third kappa shape index (κ3) is 3.80. The highest BCUT2D eigenvalue weighted by Gasteiger charge is 2.12. The van der Waals surface area contributed by atoms with Crippen LogP contribution in [0.3, 0.4) is 0 Å². The van der Waals surface area contributed by atoms with E-state index in [0.717, 1.165) is 10.8 Å². The summed E-state index contributed by atoms with van der Waals surface area (Å²) >= 11 is 11.7. The van der Waals surface area contributed by atoms with Crippen LogP contribution in [0, 0.1) is 11.3 Å². The molecule has 1 amide bonds. The second-order valence-electron chi connectivity index (χ2n) is 5.16. The van der Waals surface area contributed by atoms with E-state index >= 15 is 0 Å². The molecule has 3 rings (SSSR count). The smallest absolute Gasteiger partial charge is 0.266 e. The zero-order valence-electron chi connectivity index (χ0n) is 12.8. The second-order valence-corrected chi connectivity index (χ2v) is 5.91. The maximum Gasteiger partial charge on any atom is 0.266 e. The summed E-state index contributed by atoms with van der Waals surface area (Å²) in [6.45, 7) is 0. The van der Waals surface area contributed by atoms with Crippen molar-refractivity contribution in [2.75, 3.05) is 5.32 Å². The van der Waals surface area contributed by atoms with Crippen molar-refractivity contribution < 1.29 is 4.79 Å². The van der Waals surface area contributed by atoms with Crippen molar-refractivity contribution >= 4 is 51.6 Å². The lowest BCUT2D eigenvalue weighted by Gasteiger charge is -2.08. The number of hydrogen-bond donors (Lipinski definition) is 1. The molecule has 25 heavy (non-hydrogen) atoms. The highest BCUT2D eigenvalue weighted by molar-refractivity contribution is 6.33. The van der Waals surface area contributed by atoms with Crippen LogP contribution in [0.25, 0.3) is 16.8 Å². The normalized spacial score (nSPS) is 11.2. The molecule has 122 valence electrons. The van der Waals surface area contributed by atoms with Gasteiger partial charge in [-0.25, -0.2) is 4.98 Å². The van der Waals surface area contributed by atoms with Crippen molar-refractivity contribution in [1.82, 2.24) is 4.98 Å². The zero-order chi connectivity index (χ0) is 17.8. The van der Waals surface area contributed by atoms with Crippen LogP contribution >= 0.6 is 23.2 Å². The summed E-state index contributed by atoms with van der Waals surface area (Å²) in [5.41, 5.74) is 0.985. The number of rotatable bonds is 3. The van der Waals surface area contributed by atoms with Crippen LogP contribution in [0.15, 0.2) is 60.2 Å². The molecule has 6 heteroatoms. The molecule has 0 bridgehead atoms. The third-order valence-electron chi connectivity index (χ3n) is 3.55. The molecule has 3 aromatic rings. The van der Waals surface area contributed by atoms with Crippen LogP contribution in [0.5, 0.6) is 0 Å². The van der Waals surface area contributed by atoms with Crippen molar-refractivity contribution in [3.63, 3.8) is 0 Å². The number of nitrogens with one attached hydrogen (secondary N) is 1. The van der Waals surface area contributed by atoms with Crippen molar-refractivity contribution in [3.05, 3.63) is 76.0 Å². The Balaban J connectivity index is 1.93. The lowest BCUT2D eigenvalue weighted by molar-refractivity contribution is -0.112. The molecule has 2 aromatic carbocycles. The maximum atomic E-state index is 12.5. The molecule has 0 unspecified atom stereocenters. The van der Waals surface area contributed by atoms with Crippen LogP contribution < -0.4 is 5.32 Å². The summed E-state index contributed by atoms with van der Waals surface area (Å²) in [5.74, 6) is -0.523. The Bertz CT molecular complexity index is 1030. The molecule has 0 fully saturated rings.